The first kappa shape index (κ1) is 11.3. The van der Waals surface area contributed by atoms with Crippen molar-refractivity contribution in [1.82, 2.24) is 4.98 Å². The first-order valence-electron chi connectivity index (χ1n) is 4.04. The Morgan fingerprint density at radius 2 is 2.21 bits per heavy atom. The minimum absolute atomic E-state index is 0.0750. The maximum atomic E-state index is 12.5. The third-order valence-corrected chi connectivity index (χ3v) is 2.16. The number of rotatable bonds is 3. The number of aliphatic hydroxyl groups is 1. The number of hydrogen-bond acceptors (Lipinski definition) is 2. The van der Waals surface area contributed by atoms with Gasteiger partial charge in [0.25, 0.3) is 6.43 Å². The summed E-state index contributed by atoms with van der Waals surface area (Å²) in [7, 11) is 0. The second-order valence-corrected chi connectivity index (χ2v) is 3.15. The van der Waals surface area contributed by atoms with Gasteiger partial charge in [-0.1, -0.05) is 0 Å². The predicted molar refractivity (Wildman–Crippen MR) is 49.4 cm³/mol. The van der Waals surface area contributed by atoms with Crippen LogP contribution in [0.5, 0.6) is 0 Å². The molecule has 0 radical (unpaired) electrons. The topological polar surface area (TPSA) is 33.1 Å². The van der Waals surface area contributed by atoms with E-state index in [2.05, 4.69) is 4.98 Å². The van der Waals surface area contributed by atoms with E-state index in [4.69, 9.17) is 16.7 Å². The van der Waals surface area contributed by atoms with Crippen LogP contribution in [0.4, 0.5) is 8.78 Å². The molecule has 0 saturated carbocycles. The summed E-state index contributed by atoms with van der Waals surface area (Å²) in [6, 6.07) is 1.44. The van der Waals surface area contributed by atoms with E-state index in [1.807, 2.05) is 0 Å². The van der Waals surface area contributed by atoms with E-state index in [1.54, 1.807) is 6.92 Å². The van der Waals surface area contributed by atoms with Crippen molar-refractivity contribution in [2.24, 2.45) is 0 Å². The molecule has 0 aliphatic carbocycles. The summed E-state index contributed by atoms with van der Waals surface area (Å²) in [6.45, 7) is 1.28. The van der Waals surface area contributed by atoms with Crippen molar-refractivity contribution in [3.63, 3.8) is 0 Å². The van der Waals surface area contributed by atoms with Gasteiger partial charge in [-0.2, -0.15) is 0 Å². The molecule has 0 spiro atoms. The monoisotopic (exact) mass is 221 g/mol. The van der Waals surface area contributed by atoms with Gasteiger partial charge in [0.1, 0.15) is 0 Å². The Hall–Kier alpha value is -0.740. The van der Waals surface area contributed by atoms with Crippen molar-refractivity contribution in [1.29, 1.82) is 0 Å². The van der Waals surface area contributed by atoms with E-state index < -0.39 is 6.43 Å². The maximum absolute atomic E-state index is 12.5. The largest absolute Gasteiger partial charge is 0.390 e. The quantitative estimate of drug-likeness (QED) is 0.796. The van der Waals surface area contributed by atoms with Crippen molar-refractivity contribution >= 4 is 11.6 Å². The smallest absolute Gasteiger partial charge is 0.265 e. The molecule has 2 nitrogen and oxygen atoms in total. The summed E-state index contributed by atoms with van der Waals surface area (Å²) in [5.41, 5.74) is 0.792. The van der Waals surface area contributed by atoms with Gasteiger partial charge in [-0.3, -0.25) is 4.98 Å². The molecule has 78 valence electrons. The fourth-order valence-corrected chi connectivity index (χ4v) is 1.51. The average molecular weight is 222 g/mol. The zero-order valence-corrected chi connectivity index (χ0v) is 8.35. The van der Waals surface area contributed by atoms with Gasteiger partial charge < -0.3 is 5.11 Å². The van der Waals surface area contributed by atoms with Crippen molar-refractivity contribution < 1.29 is 13.9 Å². The van der Waals surface area contributed by atoms with Crippen LogP contribution in [-0.4, -0.2) is 10.1 Å². The van der Waals surface area contributed by atoms with E-state index in [0.29, 0.717) is 11.3 Å². The molecule has 0 atom stereocenters. The van der Waals surface area contributed by atoms with E-state index in [1.165, 1.54) is 6.07 Å². The number of halogens is 3. The van der Waals surface area contributed by atoms with Crippen LogP contribution in [0.15, 0.2) is 6.07 Å². The first-order valence-corrected chi connectivity index (χ1v) is 4.57. The Bertz CT molecular complexity index is 331. The summed E-state index contributed by atoms with van der Waals surface area (Å²) < 4.78 is 25.1. The number of pyridine rings is 1. The Morgan fingerprint density at radius 1 is 1.57 bits per heavy atom. The number of aryl methyl sites for hydroxylation is 1. The number of nitrogens with zero attached hydrogens (tertiary/aromatic N) is 1. The molecule has 1 aromatic rings. The van der Waals surface area contributed by atoms with E-state index in [0.717, 1.165) is 0 Å². The number of aromatic nitrogens is 1. The highest BCUT2D eigenvalue weighted by atomic mass is 35.5. The molecule has 0 unspecified atom stereocenters. The van der Waals surface area contributed by atoms with Gasteiger partial charge in [0, 0.05) is 5.56 Å². The van der Waals surface area contributed by atoms with Crippen LogP contribution in [0.1, 0.15) is 28.9 Å². The highest BCUT2D eigenvalue weighted by Gasteiger charge is 2.17. The third kappa shape index (κ3) is 2.19. The van der Waals surface area contributed by atoms with Crippen molar-refractivity contribution in [2.75, 3.05) is 0 Å². The normalized spacial score (nSPS) is 11.0. The molecular formula is C9H10ClF2NO. The lowest BCUT2D eigenvalue weighted by Gasteiger charge is -2.10. The average Bonchev–Trinajstić information content (AvgIpc) is 2.15. The van der Waals surface area contributed by atoms with Crippen molar-refractivity contribution in [3.05, 3.63) is 28.6 Å². The van der Waals surface area contributed by atoms with Gasteiger partial charge in [0.05, 0.1) is 23.9 Å². The summed E-state index contributed by atoms with van der Waals surface area (Å²) >= 11 is 5.50. The third-order valence-electron chi connectivity index (χ3n) is 1.90. The molecule has 1 rings (SSSR count). The van der Waals surface area contributed by atoms with Crippen LogP contribution in [-0.2, 0) is 12.5 Å². The summed E-state index contributed by atoms with van der Waals surface area (Å²) in [5, 5.41) is 8.82. The molecule has 0 saturated heterocycles. The Morgan fingerprint density at radius 3 is 2.64 bits per heavy atom. The van der Waals surface area contributed by atoms with Gasteiger partial charge in [-0.25, -0.2) is 8.78 Å². The first-order chi connectivity index (χ1) is 6.60. The van der Waals surface area contributed by atoms with Crippen LogP contribution in [0, 0.1) is 6.92 Å². The van der Waals surface area contributed by atoms with Gasteiger partial charge in [-0.05, 0) is 18.6 Å². The summed E-state index contributed by atoms with van der Waals surface area (Å²) in [5.74, 6) is -0.0750. The van der Waals surface area contributed by atoms with E-state index in [9.17, 15) is 8.78 Å². The second kappa shape index (κ2) is 4.66. The molecule has 1 aromatic heterocycles. The zero-order chi connectivity index (χ0) is 10.7. The molecule has 0 bridgehead atoms. The van der Waals surface area contributed by atoms with Gasteiger partial charge in [0.15, 0.2) is 0 Å². The summed E-state index contributed by atoms with van der Waals surface area (Å²) in [6.07, 6.45) is -2.58. The van der Waals surface area contributed by atoms with Gasteiger partial charge >= 0.3 is 0 Å². The fourth-order valence-electron chi connectivity index (χ4n) is 1.30. The molecule has 0 aliphatic rings. The van der Waals surface area contributed by atoms with E-state index >= 15 is 0 Å². The zero-order valence-electron chi connectivity index (χ0n) is 7.60. The highest BCUT2D eigenvalue weighted by molar-refractivity contribution is 6.17. The lowest BCUT2D eigenvalue weighted by Crippen LogP contribution is -2.03. The molecule has 14 heavy (non-hydrogen) atoms. The minimum Gasteiger partial charge on any atom is -0.390 e. The summed E-state index contributed by atoms with van der Waals surface area (Å²) in [4.78, 5) is 3.83. The van der Waals surface area contributed by atoms with Crippen LogP contribution in [0.25, 0.3) is 0 Å². The molecule has 0 aromatic carbocycles. The maximum Gasteiger partial charge on any atom is 0.265 e. The van der Waals surface area contributed by atoms with Crippen molar-refractivity contribution in [2.45, 2.75) is 25.8 Å². The highest BCUT2D eigenvalue weighted by Crippen LogP contribution is 2.26. The van der Waals surface area contributed by atoms with Crippen LogP contribution < -0.4 is 0 Å². The lowest BCUT2D eigenvalue weighted by atomic mass is 10.1. The molecular weight excluding hydrogens is 212 g/mol. The standard InChI is InChI=1S/C9H10ClF2NO/c1-5-2-6(4-14)13-7(3-10)8(5)9(11)12/h2,9,14H,3-4H2,1H3. The number of aliphatic hydroxyl groups excluding tert-OH is 1. The van der Waals surface area contributed by atoms with Gasteiger partial charge in [0.2, 0.25) is 0 Å². The Labute approximate surface area is 85.5 Å². The van der Waals surface area contributed by atoms with Crippen LogP contribution >= 0.6 is 11.6 Å². The fraction of sp³-hybridized carbons (Fsp3) is 0.444. The van der Waals surface area contributed by atoms with Crippen molar-refractivity contribution in [3.8, 4) is 0 Å². The van der Waals surface area contributed by atoms with Gasteiger partial charge in [-0.15, -0.1) is 11.6 Å². The number of hydrogen-bond donors (Lipinski definition) is 1. The Balaban J connectivity index is 3.27. The molecule has 0 amide bonds. The second-order valence-electron chi connectivity index (χ2n) is 2.88. The molecule has 1 heterocycles. The number of alkyl halides is 3. The lowest BCUT2D eigenvalue weighted by molar-refractivity contribution is 0.149. The van der Waals surface area contributed by atoms with Crippen LogP contribution in [0.2, 0.25) is 0 Å². The molecule has 1 N–H and O–H groups in total. The Kier molecular flexibility index (Phi) is 3.77. The SMILES string of the molecule is Cc1cc(CO)nc(CCl)c1C(F)F. The predicted octanol–water partition coefficient (Wildman–Crippen LogP) is 2.56. The van der Waals surface area contributed by atoms with Crippen LogP contribution in [0.3, 0.4) is 0 Å². The minimum atomic E-state index is -2.58. The van der Waals surface area contributed by atoms with E-state index in [-0.39, 0.29) is 23.7 Å². The molecule has 0 fully saturated rings. The molecule has 0 aliphatic heterocycles. The molecule has 5 heteroatoms.